The standard InChI is InChI=1S/C17H27NO2/c1-3-20-17-10-6-15(7-11-17)13(2)18-12-14-4-8-16(19)9-5-14/h6-7,10-11,13-14,16,18-19H,3-5,8-9,12H2,1-2H3. The summed E-state index contributed by atoms with van der Waals surface area (Å²) in [5.74, 6) is 1.65. The largest absolute Gasteiger partial charge is 0.494 e. The number of aliphatic hydroxyl groups is 1. The van der Waals surface area contributed by atoms with Crippen LogP contribution in [-0.4, -0.2) is 24.4 Å². The molecule has 0 aliphatic heterocycles. The highest BCUT2D eigenvalue weighted by atomic mass is 16.5. The van der Waals surface area contributed by atoms with Crippen LogP contribution < -0.4 is 10.1 Å². The van der Waals surface area contributed by atoms with Crippen molar-refractivity contribution in [2.24, 2.45) is 5.92 Å². The van der Waals surface area contributed by atoms with E-state index in [2.05, 4.69) is 24.4 Å². The van der Waals surface area contributed by atoms with Crippen LogP contribution in [0.5, 0.6) is 5.75 Å². The maximum atomic E-state index is 9.52. The molecule has 3 nitrogen and oxygen atoms in total. The molecule has 0 saturated heterocycles. The Balaban J connectivity index is 1.77. The topological polar surface area (TPSA) is 41.5 Å². The van der Waals surface area contributed by atoms with Gasteiger partial charge in [-0.25, -0.2) is 0 Å². The first-order valence-corrected chi connectivity index (χ1v) is 7.83. The summed E-state index contributed by atoms with van der Waals surface area (Å²) in [5, 5.41) is 13.1. The molecule has 1 unspecified atom stereocenters. The highest BCUT2D eigenvalue weighted by Gasteiger charge is 2.19. The molecule has 1 fully saturated rings. The van der Waals surface area contributed by atoms with Gasteiger partial charge in [0.05, 0.1) is 12.7 Å². The van der Waals surface area contributed by atoms with Gasteiger partial charge < -0.3 is 15.2 Å². The van der Waals surface area contributed by atoms with E-state index in [0.717, 1.165) is 38.0 Å². The second-order valence-corrected chi connectivity index (χ2v) is 5.81. The van der Waals surface area contributed by atoms with E-state index in [9.17, 15) is 5.11 Å². The lowest BCUT2D eigenvalue weighted by molar-refractivity contribution is 0.108. The number of ether oxygens (including phenoxy) is 1. The predicted molar refractivity (Wildman–Crippen MR) is 82.0 cm³/mol. The minimum Gasteiger partial charge on any atom is -0.494 e. The SMILES string of the molecule is CCOc1ccc(C(C)NCC2CCC(O)CC2)cc1. The number of rotatable bonds is 6. The van der Waals surface area contributed by atoms with Crippen molar-refractivity contribution < 1.29 is 9.84 Å². The summed E-state index contributed by atoms with van der Waals surface area (Å²) in [6.45, 7) is 5.95. The molecule has 0 aromatic heterocycles. The quantitative estimate of drug-likeness (QED) is 0.838. The van der Waals surface area contributed by atoms with Crippen LogP contribution in [0.4, 0.5) is 0 Å². The fourth-order valence-corrected chi connectivity index (χ4v) is 2.83. The average molecular weight is 277 g/mol. The fourth-order valence-electron chi connectivity index (χ4n) is 2.83. The normalized spacial score (nSPS) is 24.4. The van der Waals surface area contributed by atoms with Crippen LogP contribution in [0.1, 0.15) is 51.1 Å². The van der Waals surface area contributed by atoms with E-state index in [1.807, 2.05) is 19.1 Å². The zero-order chi connectivity index (χ0) is 14.4. The van der Waals surface area contributed by atoms with E-state index in [4.69, 9.17) is 4.74 Å². The molecule has 20 heavy (non-hydrogen) atoms. The van der Waals surface area contributed by atoms with Crippen molar-refractivity contribution in [1.29, 1.82) is 0 Å². The van der Waals surface area contributed by atoms with Gasteiger partial charge in [0.1, 0.15) is 5.75 Å². The molecule has 1 aromatic rings. The van der Waals surface area contributed by atoms with Gasteiger partial charge in [0.2, 0.25) is 0 Å². The van der Waals surface area contributed by atoms with Crippen LogP contribution in [0.2, 0.25) is 0 Å². The van der Waals surface area contributed by atoms with Gasteiger partial charge in [0.15, 0.2) is 0 Å². The molecular formula is C17H27NO2. The first kappa shape index (κ1) is 15.3. The molecule has 0 spiro atoms. The summed E-state index contributed by atoms with van der Waals surface area (Å²) >= 11 is 0. The highest BCUT2D eigenvalue weighted by Crippen LogP contribution is 2.24. The third-order valence-corrected chi connectivity index (χ3v) is 4.22. The molecule has 0 radical (unpaired) electrons. The second kappa shape index (κ2) is 7.65. The van der Waals surface area contributed by atoms with Gasteiger partial charge in [-0.15, -0.1) is 0 Å². The number of hydrogen-bond acceptors (Lipinski definition) is 3. The molecule has 2 rings (SSSR count). The van der Waals surface area contributed by atoms with Gasteiger partial charge in [-0.1, -0.05) is 12.1 Å². The smallest absolute Gasteiger partial charge is 0.119 e. The second-order valence-electron chi connectivity index (χ2n) is 5.81. The maximum Gasteiger partial charge on any atom is 0.119 e. The summed E-state index contributed by atoms with van der Waals surface area (Å²) in [7, 11) is 0. The minimum absolute atomic E-state index is 0.0604. The number of nitrogens with one attached hydrogen (secondary N) is 1. The Labute approximate surface area is 122 Å². The van der Waals surface area contributed by atoms with Crippen LogP contribution in [0, 0.1) is 5.92 Å². The van der Waals surface area contributed by atoms with Crippen LogP contribution in [0.15, 0.2) is 24.3 Å². The zero-order valence-electron chi connectivity index (χ0n) is 12.6. The number of benzene rings is 1. The lowest BCUT2D eigenvalue weighted by Crippen LogP contribution is -2.29. The highest BCUT2D eigenvalue weighted by molar-refractivity contribution is 5.28. The predicted octanol–water partition coefficient (Wildman–Crippen LogP) is 3.29. The van der Waals surface area contributed by atoms with Crippen molar-refractivity contribution in [2.75, 3.05) is 13.2 Å². The summed E-state index contributed by atoms with van der Waals surface area (Å²) in [6, 6.07) is 8.69. The van der Waals surface area contributed by atoms with Crippen LogP contribution in [-0.2, 0) is 0 Å². The Morgan fingerprint density at radius 2 is 1.85 bits per heavy atom. The molecule has 1 aromatic carbocycles. The van der Waals surface area contributed by atoms with Gasteiger partial charge in [-0.2, -0.15) is 0 Å². The summed E-state index contributed by atoms with van der Waals surface area (Å²) in [4.78, 5) is 0. The van der Waals surface area contributed by atoms with Crippen molar-refractivity contribution in [3.8, 4) is 5.75 Å². The summed E-state index contributed by atoms with van der Waals surface area (Å²) in [6.07, 6.45) is 4.15. The molecule has 112 valence electrons. The molecule has 3 heteroatoms. The Hall–Kier alpha value is -1.06. The van der Waals surface area contributed by atoms with Crippen molar-refractivity contribution in [1.82, 2.24) is 5.32 Å². The van der Waals surface area contributed by atoms with Crippen LogP contribution >= 0.6 is 0 Å². The molecule has 1 aliphatic rings. The van der Waals surface area contributed by atoms with Crippen molar-refractivity contribution in [2.45, 2.75) is 51.7 Å². The molecule has 0 amide bonds. The van der Waals surface area contributed by atoms with E-state index in [1.165, 1.54) is 5.56 Å². The van der Waals surface area contributed by atoms with Crippen molar-refractivity contribution >= 4 is 0 Å². The van der Waals surface area contributed by atoms with Gasteiger partial charge in [0.25, 0.3) is 0 Å². The molecular weight excluding hydrogens is 250 g/mol. The maximum absolute atomic E-state index is 9.52. The molecule has 1 aliphatic carbocycles. The molecule has 1 saturated carbocycles. The van der Waals surface area contributed by atoms with Crippen LogP contribution in [0.25, 0.3) is 0 Å². The molecule has 2 N–H and O–H groups in total. The molecule has 0 bridgehead atoms. The van der Waals surface area contributed by atoms with Crippen molar-refractivity contribution in [3.05, 3.63) is 29.8 Å². The van der Waals surface area contributed by atoms with Gasteiger partial charge in [-0.3, -0.25) is 0 Å². The average Bonchev–Trinajstić information content (AvgIpc) is 2.47. The Morgan fingerprint density at radius 3 is 2.45 bits per heavy atom. The first-order valence-electron chi connectivity index (χ1n) is 7.83. The first-order chi connectivity index (χ1) is 9.69. The van der Waals surface area contributed by atoms with E-state index in [-0.39, 0.29) is 6.10 Å². The molecule has 1 atom stereocenters. The lowest BCUT2D eigenvalue weighted by Gasteiger charge is -2.27. The lowest BCUT2D eigenvalue weighted by atomic mass is 9.87. The van der Waals surface area contributed by atoms with Gasteiger partial charge in [-0.05, 0) is 69.7 Å². The van der Waals surface area contributed by atoms with E-state index >= 15 is 0 Å². The van der Waals surface area contributed by atoms with Crippen molar-refractivity contribution in [3.63, 3.8) is 0 Å². The zero-order valence-corrected chi connectivity index (χ0v) is 12.6. The fraction of sp³-hybridized carbons (Fsp3) is 0.647. The van der Waals surface area contributed by atoms with E-state index in [0.29, 0.717) is 18.6 Å². The van der Waals surface area contributed by atoms with E-state index < -0.39 is 0 Å². The van der Waals surface area contributed by atoms with Gasteiger partial charge in [0, 0.05) is 6.04 Å². The monoisotopic (exact) mass is 277 g/mol. The Bertz CT molecular complexity index is 382. The van der Waals surface area contributed by atoms with Crippen LogP contribution in [0.3, 0.4) is 0 Å². The number of hydrogen-bond donors (Lipinski definition) is 2. The minimum atomic E-state index is -0.0604. The third kappa shape index (κ3) is 4.50. The Morgan fingerprint density at radius 1 is 1.20 bits per heavy atom. The van der Waals surface area contributed by atoms with Gasteiger partial charge >= 0.3 is 0 Å². The summed E-state index contributed by atoms with van der Waals surface area (Å²) < 4.78 is 5.46. The van der Waals surface area contributed by atoms with E-state index in [1.54, 1.807) is 0 Å². The number of aliphatic hydroxyl groups excluding tert-OH is 1. The molecule has 0 heterocycles. The third-order valence-electron chi connectivity index (χ3n) is 4.22. The Kier molecular flexibility index (Phi) is 5.86. The summed E-state index contributed by atoms with van der Waals surface area (Å²) in [5.41, 5.74) is 1.30.